The van der Waals surface area contributed by atoms with E-state index in [4.69, 9.17) is 18.8 Å². The number of carbonyl (C=O) groups is 2. The largest absolute Gasteiger partial charge is 0.497 e. The Morgan fingerprint density at radius 1 is 1.15 bits per heavy atom. The summed E-state index contributed by atoms with van der Waals surface area (Å²) >= 11 is 0. The number of likely N-dealkylation sites (tertiary alicyclic amines) is 1. The SMILES string of the molecule is COc1cc(F)c(B2OC(C)(C)C(C)(C)O2)cc1C(=O)N[C@@H]1CN(C(=O)OC(C)(C)C)C[C@H]1F. The summed E-state index contributed by atoms with van der Waals surface area (Å²) in [5.41, 5.74) is -2.11. The molecule has 34 heavy (non-hydrogen) atoms. The van der Waals surface area contributed by atoms with E-state index >= 15 is 0 Å². The van der Waals surface area contributed by atoms with Gasteiger partial charge < -0.3 is 29.0 Å². The van der Waals surface area contributed by atoms with Crippen LogP contribution < -0.4 is 15.5 Å². The van der Waals surface area contributed by atoms with Gasteiger partial charge in [0.2, 0.25) is 0 Å². The smallest absolute Gasteiger partial charge is 0.496 e. The van der Waals surface area contributed by atoms with Crippen molar-refractivity contribution >= 4 is 24.6 Å². The summed E-state index contributed by atoms with van der Waals surface area (Å²) in [5.74, 6) is -1.35. The van der Waals surface area contributed by atoms with Crippen molar-refractivity contribution in [2.24, 2.45) is 0 Å². The number of nitrogens with one attached hydrogen (secondary N) is 1. The zero-order chi connectivity index (χ0) is 25.6. The van der Waals surface area contributed by atoms with Crippen LogP contribution in [0.2, 0.25) is 0 Å². The van der Waals surface area contributed by atoms with Crippen LogP contribution in [-0.4, -0.2) is 73.2 Å². The minimum Gasteiger partial charge on any atom is -0.496 e. The predicted octanol–water partition coefficient (Wildman–Crippen LogP) is 2.82. The number of carbonyl (C=O) groups excluding carboxylic acids is 2. The maximum Gasteiger partial charge on any atom is 0.497 e. The van der Waals surface area contributed by atoms with Crippen molar-refractivity contribution in [3.63, 3.8) is 0 Å². The monoisotopic (exact) mass is 482 g/mol. The van der Waals surface area contributed by atoms with E-state index in [1.807, 2.05) is 27.7 Å². The fourth-order valence-electron chi connectivity index (χ4n) is 3.69. The van der Waals surface area contributed by atoms with E-state index in [1.165, 1.54) is 18.1 Å². The molecule has 2 aliphatic heterocycles. The first-order valence-corrected chi connectivity index (χ1v) is 11.2. The van der Waals surface area contributed by atoms with Crippen molar-refractivity contribution in [2.75, 3.05) is 20.2 Å². The maximum absolute atomic E-state index is 14.9. The number of benzene rings is 1. The van der Waals surface area contributed by atoms with E-state index in [1.54, 1.807) is 20.8 Å². The molecule has 0 aliphatic carbocycles. The first-order valence-electron chi connectivity index (χ1n) is 11.2. The molecule has 1 aromatic rings. The molecule has 8 nitrogen and oxygen atoms in total. The Kier molecular flexibility index (Phi) is 6.94. The Bertz CT molecular complexity index is 950. The van der Waals surface area contributed by atoms with Gasteiger partial charge in [-0.15, -0.1) is 0 Å². The number of methoxy groups -OCH3 is 1. The molecule has 0 unspecified atom stereocenters. The van der Waals surface area contributed by atoms with Crippen LogP contribution in [-0.2, 0) is 14.0 Å². The molecule has 0 spiro atoms. The molecular formula is C23H33BF2N2O6. The number of alkyl halides is 1. The Hall–Kier alpha value is -2.40. The van der Waals surface area contributed by atoms with E-state index in [0.717, 1.165) is 6.07 Å². The number of ether oxygens (including phenoxy) is 2. The standard InChI is InChI=1S/C23H33BF2N2O6/c1-21(2,3)32-20(30)28-11-16(26)17(12-28)27-19(29)13-9-14(15(25)10-18(13)31-8)24-33-22(4,5)23(6,7)34-24/h9-10,16-17H,11-12H2,1-8H3,(H,27,29)/t16-,17-/m1/s1. The zero-order valence-electron chi connectivity index (χ0n) is 21.0. The van der Waals surface area contributed by atoms with Gasteiger partial charge in [-0.3, -0.25) is 4.79 Å². The Morgan fingerprint density at radius 2 is 1.74 bits per heavy atom. The number of hydrogen-bond donors (Lipinski definition) is 1. The maximum atomic E-state index is 14.9. The molecule has 0 aromatic heterocycles. The minimum absolute atomic E-state index is 0.00321. The first kappa shape index (κ1) is 26.2. The lowest BCUT2D eigenvalue weighted by molar-refractivity contribution is 0.00578. The topological polar surface area (TPSA) is 86.3 Å². The van der Waals surface area contributed by atoms with Gasteiger partial charge in [-0.1, -0.05) is 0 Å². The second-order valence-electron chi connectivity index (χ2n) is 10.6. The minimum atomic E-state index is -1.49. The Morgan fingerprint density at radius 3 is 2.26 bits per heavy atom. The van der Waals surface area contributed by atoms with Crippen LogP contribution >= 0.6 is 0 Å². The third-order valence-electron chi connectivity index (χ3n) is 6.29. The van der Waals surface area contributed by atoms with Crippen molar-refractivity contribution < 1.29 is 37.2 Å². The second-order valence-corrected chi connectivity index (χ2v) is 10.6. The van der Waals surface area contributed by atoms with E-state index in [9.17, 15) is 18.4 Å². The van der Waals surface area contributed by atoms with Crippen LogP contribution in [0.1, 0.15) is 58.8 Å². The number of nitrogens with zero attached hydrogens (tertiary/aromatic N) is 1. The molecule has 0 saturated carbocycles. The summed E-state index contributed by atoms with van der Waals surface area (Å²) in [6.45, 7) is 12.2. The fraction of sp³-hybridized carbons (Fsp3) is 0.652. The van der Waals surface area contributed by atoms with Gasteiger partial charge in [-0.2, -0.15) is 0 Å². The van der Waals surface area contributed by atoms with Crippen LogP contribution in [0.3, 0.4) is 0 Å². The van der Waals surface area contributed by atoms with Crippen molar-refractivity contribution in [1.82, 2.24) is 10.2 Å². The van der Waals surface area contributed by atoms with Gasteiger partial charge in [-0.05, 0) is 54.5 Å². The van der Waals surface area contributed by atoms with Gasteiger partial charge in [0.05, 0.1) is 36.5 Å². The summed E-state index contributed by atoms with van der Waals surface area (Å²) in [6.07, 6.45) is -2.15. The number of amides is 2. The van der Waals surface area contributed by atoms with E-state index in [0.29, 0.717) is 0 Å². The number of hydrogen-bond acceptors (Lipinski definition) is 6. The molecule has 0 radical (unpaired) electrons. The summed E-state index contributed by atoms with van der Waals surface area (Å²) in [6, 6.07) is 1.40. The van der Waals surface area contributed by atoms with Gasteiger partial charge in [0.1, 0.15) is 23.3 Å². The molecule has 1 N–H and O–H groups in total. The normalized spacial score (nSPS) is 23.7. The fourth-order valence-corrected chi connectivity index (χ4v) is 3.69. The van der Waals surface area contributed by atoms with E-state index < -0.39 is 54.0 Å². The molecule has 1 aromatic carbocycles. The van der Waals surface area contributed by atoms with Gasteiger partial charge in [0, 0.05) is 18.1 Å². The molecule has 2 heterocycles. The lowest BCUT2D eigenvalue weighted by atomic mass is 9.77. The highest BCUT2D eigenvalue weighted by Crippen LogP contribution is 2.37. The quantitative estimate of drug-likeness (QED) is 0.665. The summed E-state index contributed by atoms with van der Waals surface area (Å²) in [5, 5.41) is 2.59. The number of rotatable bonds is 4. The third-order valence-corrected chi connectivity index (χ3v) is 6.29. The highest BCUT2D eigenvalue weighted by atomic mass is 19.1. The predicted molar refractivity (Wildman–Crippen MR) is 123 cm³/mol. The van der Waals surface area contributed by atoms with Gasteiger partial charge in [0.15, 0.2) is 0 Å². The third kappa shape index (κ3) is 5.30. The van der Waals surface area contributed by atoms with Crippen molar-refractivity contribution in [2.45, 2.75) is 77.5 Å². The molecule has 3 rings (SSSR count). The molecule has 2 aliphatic rings. The van der Waals surface area contributed by atoms with Crippen LogP contribution in [0.25, 0.3) is 0 Å². The summed E-state index contributed by atoms with van der Waals surface area (Å²) in [4.78, 5) is 26.6. The highest BCUT2D eigenvalue weighted by Gasteiger charge is 2.52. The summed E-state index contributed by atoms with van der Waals surface area (Å²) in [7, 11) is 0.267. The average molecular weight is 482 g/mol. The van der Waals surface area contributed by atoms with Gasteiger partial charge >= 0.3 is 13.2 Å². The van der Waals surface area contributed by atoms with E-state index in [2.05, 4.69) is 5.32 Å². The molecule has 11 heteroatoms. The lowest BCUT2D eigenvalue weighted by Crippen LogP contribution is -2.43. The molecule has 188 valence electrons. The van der Waals surface area contributed by atoms with Gasteiger partial charge in [0.25, 0.3) is 5.91 Å². The van der Waals surface area contributed by atoms with E-state index in [-0.39, 0.29) is 29.9 Å². The molecule has 2 amide bonds. The van der Waals surface area contributed by atoms with Crippen LogP contribution in [0, 0.1) is 5.82 Å². The van der Waals surface area contributed by atoms with Crippen LogP contribution in [0.15, 0.2) is 12.1 Å². The highest BCUT2D eigenvalue weighted by molar-refractivity contribution is 6.62. The van der Waals surface area contributed by atoms with Crippen LogP contribution in [0.4, 0.5) is 13.6 Å². The molecule has 2 atom stereocenters. The molecule has 2 fully saturated rings. The van der Waals surface area contributed by atoms with Crippen LogP contribution in [0.5, 0.6) is 5.75 Å². The first-order chi connectivity index (χ1) is 15.5. The molecule has 0 bridgehead atoms. The van der Waals surface area contributed by atoms with Crippen molar-refractivity contribution in [3.8, 4) is 5.75 Å². The lowest BCUT2D eigenvalue weighted by Gasteiger charge is -2.32. The van der Waals surface area contributed by atoms with Crippen molar-refractivity contribution in [3.05, 3.63) is 23.5 Å². The van der Waals surface area contributed by atoms with Crippen molar-refractivity contribution in [1.29, 1.82) is 0 Å². The summed E-state index contributed by atoms with van der Waals surface area (Å²) < 4.78 is 51.9. The number of halogens is 2. The second kappa shape index (κ2) is 9.00. The zero-order valence-corrected chi connectivity index (χ0v) is 21.0. The molecule has 2 saturated heterocycles. The Labute approximate surface area is 199 Å². The molecular weight excluding hydrogens is 449 g/mol. The van der Waals surface area contributed by atoms with Gasteiger partial charge in [-0.25, -0.2) is 13.6 Å². The Balaban J connectivity index is 1.80. The average Bonchev–Trinajstić information content (AvgIpc) is 3.15.